The first-order valence-electron chi connectivity index (χ1n) is 6.79. The van der Waals surface area contributed by atoms with Gasteiger partial charge in [0, 0.05) is 6.04 Å². The average molecular weight is 272 g/mol. The van der Waals surface area contributed by atoms with Gasteiger partial charge in [0.25, 0.3) is 0 Å². The number of nitrogens with two attached hydrogens (primary N) is 1. The molecule has 0 aromatic carbocycles. The molecule has 5 heteroatoms. The summed E-state index contributed by atoms with van der Waals surface area (Å²) in [5, 5.41) is 11.7. The summed E-state index contributed by atoms with van der Waals surface area (Å²) in [7, 11) is 0. The Morgan fingerprint density at radius 2 is 1.79 bits per heavy atom. The summed E-state index contributed by atoms with van der Waals surface area (Å²) in [5.74, 6) is -0.836. The van der Waals surface area contributed by atoms with Crippen LogP contribution in [0.3, 0.4) is 0 Å². The van der Waals surface area contributed by atoms with E-state index < -0.39 is 12.0 Å². The fourth-order valence-electron chi connectivity index (χ4n) is 2.05. The molecular weight excluding hydrogens is 244 g/mol. The standard InChI is InChI=1S/C14H28N2O3/c1-9(2)6-11(15)13(19)16-10(7-12(17)18)8-14(3,4)5/h9-11H,6-8,15H2,1-5H3,(H,16,19)(H,17,18)/t10?,11-/m1/s1. The monoisotopic (exact) mass is 272 g/mol. The number of carboxylic acids is 1. The molecule has 0 saturated carbocycles. The van der Waals surface area contributed by atoms with E-state index in [1.54, 1.807) is 0 Å². The zero-order valence-electron chi connectivity index (χ0n) is 12.7. The molecule has 0 saturated heterocycles. The van der Waals surface area contributed by atoms with Crippen LogP contribution in [0, 0.1) is 11.3 Å². The Kier molecular flexibility index (Phi) is 7.05. The number of rotatable bonds is 7. The van der Waals surface area contributed by atoms with Crippen LogP contribution in [0.5, 0.6) is 0 Å². The zero-order chi connectivity index (χ0) is 15.2. The number of hydrogen-bond acceptors (Lipinski definition) is 3. The second-order valence-electron chi connectivity index (χ2n) is 6.80. The first-order chi connectivity index (χ1) is 8.51. The van der Waals surface area contributed by atoms with Crippen molar-refractivity contribution in [3.8, 4) is 0 Å². The van der Waals surface area contributed by atoms with Crippen LogP contribution < -0.4 is 11.1 Å². The zero-order valence-corrected chi connectivity index (χ0v) is 12.7. The molecule has 5 nitrogen and oxygen atoms in total. The highest BCUT2D eigenvalue weighted by molar-refractivity contribution is 5.82. The summed E-state index contributed by atoms with van der Waals surface area (Å²) in [6, 6.07) is -0.945. The van der Waals surface area contributed by atoms with Gasteiger partial charge < -0.3 is 16.2 Å². The van der Waals surface area contributed by atoms with Gasteiger partial charge in [-0.25, -0.2) is 0 Å². The normalized spacial score (nSPS) is 15.1. The fourth-order valence-corrected chi connectivity index (χ4v) is 2.05. The number of carbonyl (C=O) groups excluding carboxylic acids is 1. The average Bonchev–Trinajstić information content (AvgIpc) is 2.11. The van der Waals surface area contributed by atoms with E-state index in [0.717, 1.165) is 0 Å². The Balaban J connectivity index is 4.54. The van der Waals surface area contributed by atoms with Crippen LogP contribution in [0.15, 0.2) is 0 Å². The van der Waals surface area contributed by atoms with Crippen molar-refractivity contribution in [3.63, 3.8) is 0 Å². The maximum absolute atomic E-state index is 11.9. The molecule has 4 N–H and O–H groups in total. The third-order valence-corrected chi connectivity index (χ3v) is 2.69. The Labute approximate surface area is 115 Å². The molecule has 1 amide bonds. The van der Waals surface area contributed by atoms with E-state index in [0.29, 0.717) is 18.8 Å². The van der Waals surface area contributed by atoms with Crippen molar-refractivity contribution in [3.05, 3.63) is 0 Å². The molecule has 0 aliphatic heterocycles. The smallest absolute Gasteiger partial charge is 0.305 e. The topological polar surface area (TPSA) is 92.4 Å². The maximum atomic E-state index is 11.9. The van der Waals surface area contributed by atoms with Gasteiger partial charge in [-0.05, 0) is 24.2 Å². The molecule has 0 bridgehead atoms. The highest BCUT2D eigenvalue weighted by atomic mass is 16.4. The van der Waals surface area contributed by atoms with Crippen molar-refractivity contribution < 1.29 is 14.7 Å². The lowest BCUT2D eigenvalue weighted by Gasteiger charge is -2.27. The molecule has 0 fully saturated rings. The van der Waals surface area contributed by atoms with Gasteiger partial charge in [0.2, 0.25) is 5.91 Å². The van der Waals surface area contributed by atoms with Gasteiger partial charge in [0.15, 0.2) is 0 Å². The minimum atomic E-state index is -0.910. The molecule has 0 spiro atoms. The Morgan fingerprint density at radius 1 is 1.26 bits per heavy atom. The minimum absolute atomic E-state index is 0.0461. The van der Waals surface area contributed by atoms with Gasteiger partial charge in [-0.3, -0.25) is 9.59 Å². The van der Waals surface area contributed by atoms with Crippen molar-refractivity contribution in [2.75, 3.05) is 0 Å². The SMILES string of the molecule is CC(C)C[C@@H](N)C(=O)NC(CC(=O)O)CC(C)(C)C. The van der Waals surface area contributed by atoms with Crippen molar-refractivity contribution in [1.82, 2.24) is 5.32 Å². The van der Waals surface area contributed by atoms with Gasteiger partial charge in [-0.15, -0.1) is 0 Å². The number of nitrogens with one attached hydrogen (secondary N) is 1. The predicted molar refractivity (Wildman–Crippen MR) is 75.7 cm³/mol. The summed E-state index contributed by atoms with van der Waals surface area (Å²) in [6.07, 6.45) is 1.14. The molecule has 1 unspecified atom stereocenters. The van der Waals surface area contributed by atoms with Crippen LogP contribution in [0.1, 0.15) is 53.9 Å². The van der Waals surface area contributed by atoms with Crippen molar-refractivity contribution >= 4 is 11.9 Å². The number of amides is 1. The van der Waals surface area contributed by atoms with Gasteiger partial charge in [-0.1, -0.05) is 34.6 Å². The van der Waals surface area contributed by atoms with Crippen LogP contribution in [0.2, 0.25) is 0 Å². The minimum Gasteiger partial charge on any atom is -0.481 e. The van der Waals surface area contributed by atoms with Gasteiger partial charge >= 0.3 is 5.97 Å². The summed E-state index contributed by atoms with van der Waals surface area (Å²) < 4.78 is 0. The van der Waals surface area contributed by atoms with Gasteiger partial charge in [-0.2, -0.15) is 0 Å². The van der Waals surface area contributed by atoms with E-state index in [9.17, 15) is 9.59 Å². The molecule has 19 heavy (non-hydrogen) atoms. The van der Waals surface area contributed by atoms with E-state index in [2.05, 4.69) is 5.32 Å². The first kappa shape index (κ1) is 17.9. The van der Waals surface area contributed by atoms with E-state index in [-0.39, 0.29) is 23.8 Å². The Hall–Kier alpha value is -1.10. The summed E-state index contributed by atoms with van der Waals surface area (Å²) in [4.78, 5) is 22.8. The lowest BCUT2D eigenvalue weighted by Crippen LogP contribution is -2.47. The van der Waals surface area contributed by atoms with Crippen molar-refractivity contribution in [1.29, 1.82) is 0 Å². The molecular formula is C14H28N2O3. The first-order valence-corrected chi connectivity index (χ1v) is 6.79. The van der Waals surface area contributed by atoms with Crippen LogP contribution >= 0.6 is 0 Å². The van der Waals surface area contributed by atoms with Crippen LogP contribution in [-0.4, -0.2) is 29.1 Å². The molecule has 0 heterocycles. The fraction of sp³-hybridized carbons (Fsp3) is 0.857. The van der Waals surface area contributed by atoms with Crippen molar-refractivity contribution in [2.45, 2.75) is 66.0 Å². The summed E-state index contributed by atoms with van der Waals surface area (Å²) in [5.41, 5.74) is 5.76. The number of hydrogen-bond donors (Lipinski definition) is 3. The van der Waals surface area contributed by atoms with Gasteiger partial charge in [0.1, 0.15) is 0 Å². The summed E-state index contributed by atoms with van der Waals surface area (Å²) in [6.45, 7) is 10.0. The quantitative estimate of drug-likeness (QED) is 0.658. The Bertz CT molecular complexity index is 308. The predicted octanol–water partition coefficient (Wildman–Crippen LogP) is 1.76. The van der Waals surface area contributed by atoms with Crippen molar-refractivity contribution in [2.24, 2.45) is 17.1 Å². The molecule has 0 aliphatic carbocycles. The maximum Gasteiger partial charge on any atom is 0.305 e. The number of carbonyl (C=O) groups is 2. The third-order valence-electron chi connectivity index (χ3n) is 2.69. The highest BCUT2D eigenvalue weighted by Crippen LogP contribution is 2.22. The lowest BCUT2D eigenvalue weighted by atomic mass is 9.87. The van der Waals surface area contributed by atoms with Gasteiger partial charge in [0.05, 0.1) is 12.5 Å². The molecule has 0 aromatic rings. The lowest BCUT2D eigenvalue weighted by molar-refractivity contribution is -0.138. The molecule has 0 radical (unpaired) electrons. The molecule has 0 aromatic heterocycles. The van der Waals surface area contributed by atoms with Crippen LogP contribution in [0.4, 0.5) is 0 Å². The largest absolute Gasteiger partial charge is 0.481 e. The van der Waals surface area contributed by atoms with Crippen LogP contribution in [-0.2, 0) is 9.59 Å². The number of aliphatic carboxylic acids is 1. The second-order valence-corrected chi connectivity index (χ2v) is 6.80. The Morgan fingerprint density at radius 3 is 2.16 bits per heavy atom. The molecule has 0 rings (SSSR count). The van der Waals surface area contributed by atoms with E-state index in [4.69, 9.17) is 10.8 Å². The molecule has 112 valence electrons. The van der Waals surface area contributed by atoms with E-state index in [1.165, 1.54) is 0 Å². The molecule has 2 atom stereocenters. The number of carboxylic acid groups (broad SMARTS) is 1. The second kappa shape index (κ2) is 7.48. The van der Waals surface area contributed by atoms with E-state index in [1.807, 2.05) is 34.6 Å². The van der Waals surface area contributed by atoms with Crippen LogP contribution in [0.25, 0.3) is 0 Å². The molecule has 0 aliphatic rings. The third kappa shape index (κ3) is 9.47. The highest BCUT2D eigenvalue weighted by Gasteiger charge is 2.25. The summed E-state index contributed by atoms with van der Waals surface area (Å²) >= 11 is 0. The van der Waals surface area contributed by atoms with E-state index >= 15 is 0 Å².